The summed E-state index contributed by atoms with van der Waals surface area (Å²) in [6.07, 6.45) is 0. The summed E-state index contributed by atoms with van der Waals surface area (Å²) in [5, 5.41) is 3.28. The van der Waals surface area contributed by atoms with Crippen LogP contribution in [-0.2, 0) is 11.8 Å². The number of carbonyl (C=O) groups excluding carboxylic acids is 1. The Kier molecular flexibility index (Phi) is 7.32. The molecule has 0 spiro atoms. The van der Waals surface area contributed by atoms with E-state index in [9.17, 15) is 9.59 Å². The molecule has 0 radical (unpaired) electrons. The van der Waals surface area contributed by atoms with Gasteiger partial charge in [0.1, 0.15) is 10.4 Å². The third-order valence-electron chi connectivity index (χ3n) is 4.64. The van der Waals surface area contributed by atoms with E-state index in [1.165, 1.54) is 27.7 Å². The first-order valence-corrected chi connectivity index (χ1v) is 12.9. The van der Waals surface area contributed by atoms with Crippen LogP contribution in [0.3, 0.4) is 0 Å². The van der Waals surface area contributed by atoms with Crippen molar-refractivity contribution in [2.45, 2.75) is 12.1 Å². The number of fused-ring (bicyclic) bond motifs is 1. The van der Waals surface area contributed by atoms with Crippen LogP contribution in [0.25, 0.3) is 16.0 Å². The van der Waals surface area contributed by atoms with Crippen LogP contribution >= 0.6 is 51.2 Å². The summed E-state index contributed by atoms with van der Waals surface area (Å²) >= 11 is 11.3. The number of thioether (sulfide) groups is 1. The summed E-state index contributed by atoms with van der Waals surface area (Å²) in [6, 6.07) is 14.8. The molecule has 2 aromatic carbocycles. The molecule has 4 rings (SSSR count). The van der Waals surface area contributed by atoms with Gasteiger partial charge in [0.05, 0.1) is 12.4 Å². The molecule has 0 saturated heterocycles. The average molecular weight is 564 g/mol. The van der Waals surface area contributed by atoms with E-state index < -0.39 is 0 Å². The van der Waals surface area contributed by atoms with E-state index >= 15 is 0 Å². The zero-order chi connectivity index (χ0) is 23.5. The van der Waals surface area contributed by atoms with Crippen LogP contribution in [0.1, 0.15) is 6.92 Å². The molecule has 0 atom stereocenters. The lowest BCUT2D eigenvalue weighted by atomic mass is 10.3. The van der Waals surface area contributed by atoms with Crippen LogP contribution in [0, 0.1) is 3.95 Å². The molecule has 0 bridgehead atoms. The Hall–Kier alpha value is -2.47. The van der Waals surface area contributed by atoms with Crippen molar-refractivity contribution in [3.63, 3.8) is 0 Å². The van der Waals surface area contributed by atoms with Crippen molar-refractivity contribution in [2.75, 3.05) is 17.7 Å². The van der Waals surface area contributed by atoms with Crippen LogP contribution in [0.4, 0.5) is 5.69 Å². The van der Waals surface area contributed by atoms with E-state index in [0.29, 0.717) is 31.8 Å². The number of ether oxygens (including phenoxy) is 1. The number of hydrogen-bond acceptors (Lipinski definition) is 7. The number of nitrogens with zero attached hydrogens (tertiary/aromatic N) is 3. The minimum atomic E-state index is -0.198. The highest BCUT2D eigenvalue weighted by atomic mass is 79.9. The fourth-order valence-electron chi connectivity index (χ4n) is 3.09. The van der Waals surface area contributed by atoms with Crippen LogP contribution in [0.2, 0.25) is 0 Å². The lowest BCUT2D eigenvalue weighted by molar-refractivity contribution is -0.113. The highest BCUT2D eigenvalue weighted by Gasteiger charge is 2.17. The Morgan fingerprint density at radius 2 is 1.91 bits per heavy atom. The quantitative estimate of drug-likeness (QED) is 0.184. The van der Waals surface area contributed by atoms with Gasteiger partial charge >= 0.3 is 0 Å². The van der Waals surface area contributed by atoms with Gasteiger partial charge in [0, 0.05) is 22.9 Å². The molecule has 4 aromatic rings. The fourth-order valence-corrected chi connectivity index (χ4v) is 5.46. The maximum absolute atomic E-state index is 13.0. The second kappa shape index (κ2) is 10.2. The van der Waals surface area contributed by atoms with Gasteiger partial charge in [-0.3, -0.25) is 18.7 Å². The minimum absolute atomic E-state index is 0.107. The van der Waals surface area contributed by atoms with Crippen LogP contribution < -0.4 is 15.6 Å². The molecule has 2 heterocycles. The number of amides is 1. The first-order valence-electron chi connectivity index (χ1n) is 9.91. The van der Waals surface area contributed by atoms with Crippen LogP contribution in [0.5, 0.6) is 5.75 Å². The van der Waals surface area contributed by atoms with Crippen LogP contribution in [0.15, 0.2) is 63.0 Å². The molecule has 2 aromatic heterocycles. The number of nitrogens with one attached hydrogen (secondary N) is 1. The summed E-state index contributed by atoms with van der Waals surface area (Å²) < 4.78 is 10.7. The van der Waals surface area contributed by atoms with Crippen molar-refractivity contribution < 1.29 is 9.53 Å². The predicted octanol–water partition coefficient (Wildman–Crippen LogP) is 5.41. The Morgan fingerprint density at radius 3 is 2.58 bits per heavy atom. The molecule has 0 unspecified atom stereocenters. The standard InChI is InChI=1S/C22H19BrN4O3S3/c1-3-30-16-10-8-15(9-11-16)27-19-18(33-22(27)31)20(29)26(2)21(25-19)32-12-17(28)24-14-6-4-13(23)5-7-14/h4-11H,3,12H2,1-2H3,(H,24,28). The molecule has 33 heavy (non-hydrogen) atoms. The average Bonchev–Trinajstić information content (AvgIpc) is 3.13. The summed E-state index contributed by atoms with van der Waals surface area (Å²) in [5.74, 6) is 0.671. The van der Waals surface area contributed by atoms with Crippen molar-refractivity contribution in [1.29, 1.82) is 0 Å². The monoisotopic (exact) mass is 562 g/mol. The Labute approximate surface area is 211 Å². The number of hydrogen-bond donors (Lipinski definition) is 1. The normalized spacial score (nSPS) is 11.0. The van der Waals surface area contributed by atoms with Gasteiger partial charge < -0.3 is 10.1 Å². The summed E-state index contributed by atoms with van der Waals surface area (Å²) in [5.41, 5.74) is 1.77. The summed E-state index contributed by atoms with van der Waals surface area (Å²) in [4.78, 5) is 30.1. The highest BCUT2D eigenvalue weighted by Crippen LogP contribution is 2.26. The number of halogens is 1. The third kappa shape index (κ3) is 5.21. The van der Waals surface area contributed by atoms with Crippen LogP contribution in [-0.4, -0.2) is 32.4 Å². The molecule has 0 saturated carbocycles. The van der Waals surface area contributed by atoms with Crippen molar-refractivity contribution in [2.24, 2.45) is 7.05 Å². The van der Waals surface area contributed by atoms with Crippen molar-refractivity contribution in [3.8, 4) is 11.4 Å². The molecular weight excluding hydrogens is 544 g/mol. The van der Waals surface area contributed by atoms with Crippen molar-refractivity contribution >= 4 is 73.2 Å². The van der Waals surface area contributed by atoms with Gasteiger partial charge in [-0.2, -0.15) is 0 Å². The number of aromatic nitrogens is 3. The van der Waals surface area contributed by atoms with Gasteiger partial charge in [0.25, 0.3) is 5.56 Å². The lowest BCUT2D eigenvalue weighted by Gasteiger charge is -2.10. The smallest absolute Gasteiger partial charge is 0.273 e. The highest BCUT2D eigenvalue weighted by molar-refractivity contribution is 9.10. The molecule has 170 valence electrons. The van der Waals surface area contributed by atoms with Gasteiger partial charge in [-0.1, -0.05) is 39.0 Å². The van der Waals surface area contributed by atoms with E-state index in [1.54, 1.807) is 11.6 Å². The molecule has 0 aliphatic carbocycles. The lowest BCUT2D eigenvalue weighted by Crippen LogP contribution is -2.21. The van der Waals surface area contributed by atoms with Crippen molar-refractivity contribution in [1.82, 2.24) is 14.1 Å². The molecule has 0 fully saturated rings. The largest absolute Gasteiger partial charge is 0.494 e. The third-order valence-corrected chi connectivity index (χ3v) is 7.55. The maximum Gasteiger partial charge on any atom is 0.273 e. The molecular formula is C22H19BrN4O3S3. The second-order valence-electron chi connectivity index (χ2n) is 6.89. The zero-order valence-corrected chi connectivity index (χ0v) is 21.7. The molecule has 0 aliphatic heterocycles. The maximum atomic E-state index is 13.0. The van der Waals surface area contributed by atoms with E-state index in [4.69, 9.17) is 21.9 Å². The zero-order valence-electron chi connectivity index (χ0n) is 17.7. The predicted molar refractivity (Wildman–Crippen MR) is 140 cm³/mol. The Morgan fingerprint density at radius 1 is 1.21 bits per heavy atom. The first kappa shape index (κ1) is 23.7. The number of benzene rings is 2. The second-order valence-corrected chi connectivity index (χ2v) is 10.4. The first-order chi connectivity index (χ1) is 15.9. The number of carbonyl (C=O) groups is 1. The molecule has 0 aliphatic rings. The van der Waals surface area contributed by atoms with Gasteiger partial charge in [0.2, 0.25) is 5.91 Å². The van der Waals surface area contributed by atoms with Crippen molar-refractivity contribution in [3.05, 3.63) is 67.3 Å². The number of thiazole rings is 1. The summed E-state index contributed by atoms with van der Waals surface area (Å²) in [6.45, 7) is 2.50. The minimum Gasteiger partial charge on any atom is -0.494 e. The fraction of sp³-hybridized carbons (Fsp3) is 0.182. The number of anilines is 1. The van der Waals surface area contributed by atoms with E-state index in [1.807, 2.05) is 55.5 Å². The topological polar surface area (TPSA) is 78.1 Å². The Bertz CT molecular complexity index is 1430. The van der Waals surface area contributed by atoms with E-state index in [0.717, 1.165) is 15.9 Å². The van der Waals surface area contributed by atoms with E-state index in [2.05, 4.69) is 21.2 Å². The molecule has 11 heteroatoms. The molecule has 1 N–H and O–H groups in total. The van der Waals surface area contributed by atoms with Gasteiger partial charge in [0.15, 0.2) is 14.8 Å². The number of rotatable bonds is 7. The van der Waals surface area contributed by atoms with Gasteiger partial charge in [-0.25, -0.2) is 4.98 Å². The molecule has 7 nitrogen and oxygen atoms in total. The SMILES string of the molecule is CCOc1ccc(-n2c(=S)sc3c(=O)n(C)c(SCC(=O)Nc4ccc(Br)cc4)nc32)cc1. The van der Waals surface area contributed by atoms with Gasteiger partial charge in [-0.15, -0.1) is 0 Å². The molecule has 1 amide bonds. The van der Waals surface area contributed by atoms with E-state index in [-0.39, 0.29) is 17.2 Å². The Balaban J connectivity index is 1.62. The summed E-state index contributed by atoms with van der Waals surface area (Å²) in [7, 11) is 1.65. The van der Waals surface area contributed by atoms with Gasteiger partial charge in [-0.05, 0) is 67.7 Å².